The quantitative estimate of drug-likeness (QED) is 0.915. The fourth-order valence-electron chi connectivity index (χ4n) is 2.36. The summed E-state index contributed by atoms with van der Waals surface area (Å²) in [5, 5.41) is 3.67. The highest BCUT2D eigenvalue weighted by Gasteiger charge is 2.28. The SMILES string of the molecule is COC1CCCC1NC(C)c1ccc(Br)s1. The van der Waals surface area contributed by atoms with Gasteiger partial charge in [0.25, 0.3) is 0 Å². The molecule has 16 heavy (non-hydrogen) atoms. The first-order valence-corrected chi connectivity index (χ1v) is 7.35. The second-order valence-electron chi connectivity index (χ2n) is 4.34. The molecule has 1 N–H and O–H groups in total. The Hall–Kier alpha value is 0.1000. The van der Waals surface area contributed by atoms with Crippen molar-refractivity contribution in [3.63, 3.8) is 0 Å². The minimum Gasteiger partial charge on any atom is -0.380 e. The Balaban J connectivity index is 1.94. The van der Waals surface area contributed by atoms with Crippen LogP contribution in [0, 0.1) is 0 Å². The number of hydrogen-bond donors (Lipinski definition) is 1. The molecule has 0 amide bonds. The molecule has 4 heteroatoms. The maximum Gasteiger partial charge on any atom is 0.0724 e. The van der Waals surface area contributed by atoms with Crippen LogP contribution in [0.2, 0.25) is 0 Å². The van der Waals surface area contributed by atoms with Crippen molar-refractivity contribution < 1.29 is 4.74 Å². The van der Waals surface area contributed by atoms with Crippen molar-refractivity contribution in [3.05, 3.63) is 20.8 Å². The van der Waals surface area contributed by atoms with E-state index in [9.17, 15) is 0 Å². The largest absolute Gasteiger partial charge is 0.380 e. The number of hydrogen-bond acceptors (Lipinski definition) is 3. The Bertz CT molecular complexity index is 342. The molecular formula is C12H18BrNOS. The van der Waals surface area contributed by atoms with Gasteiger partial charge in [0.2, 0.25) is 0 Å². The number of halogens is 1. The molecule has 1 saturated carbocycles. The van der Waals surface area contributed by atoms with Gasteiger partial charge in [-0.3, -0.25) is 0 Å². The molecule has 3 unspecified atom stereocenters. The molecule has 0 aromatic carbocycles. The Morgan fingerprint density at radius 3 is 2.94 bits per heavy atom. The summed E-state index contributed by atoms with van der Waals surface area (Å²) in [6.07, 6.45) is 4.09. The normalized spacial score (nSPS) is 27.2. The predicted molar refractivity (Wildman–Crippen MR) is 72.0 cm³/mol. The molecule has 0 radical (unpaired) electrons. The van der Waals surface area contributed by atoms with Gasteiger partial charge in [0.1, 0.15) is 0 Å². The summed E-state index contributed by atoms with van der Waals surface area (Å²) >= 11 is 5.31. The lowest BCUT2D eigenvalue weighted by Crippen LogP contribution is -2.38. The van der Waals surface area contributed by atoms with E-state index in [0.29, 0.717) is 18.2 Å². The minimum absolute atomic E-state index is 0.394. The van der Waals surface area contributed by atoms with Gasteiger partial charge in [-0.25, -0.2) is 0 Å². The lowest BCUT2D eigenvalue weighted by Gasteiger charge is -2.23. The lowest BCUT2D eigenvalue weighted by molar-refractivity contribution is 0.0821. The Morgan fingerprint density at radius 2 is 2.31 bits per heavy atom. The maximum atomic E-state index is 5.50. The minimum atomic E-state index is 0.394. The first-order valence-electron chi connectivity index (χ1n) is 5.75. The van der Waals surface area contributed by atoms with Crippen molar-refractivity contribution in [2.75, 3.05) is 7.11 Å². The third-order valence-electron chi connectivity index (χ3n) is 3.24. The molecule has 0 bridgehead atoms. The van der Waals surface area contributed by atoms with Gasteiger partial charge in [0, 0.05) is 24.1 Å². The highest BCUT2D eigenvalue weighted by molar-refractivity contribution is 9.11. The van der Waals surface area contributed by atoms with Crippen molar-refractivity contribution in [2.24, 2.45) is 0 Å². The number of nitrogens with one attached hydrogen (secondary N) is 1. The van der Waals surface area contributed by atoms with E-state index in [1.807, 2.05) is 7.11 Å². The van der Waals surface area contributed by atoms with Crippen LogP contribution in [0.1, 0.15) is 37.1 Å². The summed E-state index contributed by atoms with van der Waals surface area (Å²) in [4.78, 5) is 1.38. The molecule has 1 heterocycles. The topological polar surface area (TPSA) is 21.3 Å². The van der Waals surface area contributed by atoms with Crippen LogP contribution in [-0.2, 0) is 4.74 Å². The van der Waals surface area contributed by atoms with E-state index in [2.05, 4.69) is 40.3 Å². The molecule has 1 aliphatic rings. The van der Waals surface area contributed by atoms with E-state index in [4.69, 9.17) is 4.74 Å². The predicted octanol–water partition coefficient (Wildman–Crippen LogP) is 3.73. The molecule has 1 fully saturated rings. The van der Waals surface area contributed by atoms with E-state index < -0.39 is 0 Å². The van der Waals surface area contributed by atoms with Gasteiger partial charge in [-0.1, -0.05) is 0 Å². The van der Waals surface area contributed by atoms with Crippen LogP contribution in [0.5, 0.6) is 0 Å². The molecular weight excluding hydrogens is 286 g/mol. The second-order valence-corrected chi connectivity index (χ2v) is 6.84. The van der Waals surface area contributed by atoms with Gasteiger partial charge in [-0.2, -0.15) is 0 Å². The van der Waals surface area contributed by atoms with E-state index in [0.717, 1.165) is 0 Å². The van der Waals surface area contributed by atoms with Crippen molar-refractivity contribution in [2.45, 2.75) is 44.4 Å². The van der Waals surface area contributed by atoms with Crippen molar-refractivity contribution in [3.8, 4) is 0 Å². The molecule has 1 aromatic heterocycles. The van der Waals surface area contributed by atoms with E-state index >= 15 is 0 Å². The second kappa shape index (κ2) is 5.63. The van der Waals surface area contributed by atoms with Gasteiger partial charge >= 0.3 is 0 Å². The summed E-state index contributed by atoms with van der Waals surface area (Å²) in [5.74, 6) is 0. The number of methoxy groups -OCH3 is 1. The standard InChI is InChI=1S/C12H18BrNOS/c1-8(11-6-7-12(13)16-11)14-9-4-3-5-10(9)15-2/h6-10,14H,3-5H2,1-2H3. The molecule has 1 aliphatic carbocycles. The summed E-state index contributed by atoms with van der Waals surface area (Å²) in [7, 11) is 1.82. The fourth-order valence-corrected chi connectivity index (χ4v) is 3.80. The Morgan fingerprint density at radius 1 is 1.50 bits per heavy atom. The zero-order chi connectivity index (χ0) is 11.5. The molecule has 2 nitrogen and oxygen atoms in total. The van der Waals surface area contributed by atoms with Crippen molar-refractivity contribution in [1.82, 2.24) is 5.32 Å². The number of thiophene rings is 1. The van der Waals surface area contributed by atoms with Crippen LogP contribution in [0.4, 0.5) is 0 Å². The molecule has 90 valence electrons. The molecule has 3 atom stereocenters. The maximum absolute atomic E-state index is 5.50. The van der Waals surface area contributed by atoms with Gasteiger partial charge in [-0.05, 0) is 54.2 Å². The van der Waals surface area contributed by atoms with Crippen LogP contribution >= 0.6 is 27.3 Å². The highest BCUT2D eigenvalue weighted by Crippen LogP contribution is 2.29. The zero-order valence-corrected chi connectivity index (χ0v) is 12.1. The molecule has 0 aliphatic heterocycles. The first-order chi connectivity index (χ1) is 7.70. The third kappa shape index (κ3) is 2.86. The van der Waals surface area contributed by atoms with Crippen LogP contribution in [-0.4, -0.2) is 19.3 Å². The lowest BCUT2D eigenvalue weighted by atomic mass is 10.1. The molecule has 0 spiro atoms. The van der Waals surface area contributed by atoms with Crippen LogP contribution in [0.25, 0.3) is 0 Å². The van der Waals surface area contributed by atoms with Crippen LogP contribution in [0.15, 0.2) is 15.9 Å². The van der Waals surface area contributed by atoms with Gasteiger partial charge in [0.05, 0.1) is 9.89 Å². The first kappa shape index (κ1) is 12.6. The molecule has 2 rings (SSSR count). The van der Waals surface area contributed by atoms with E-state index in [1.54, 1.807) is 11.3 Å². The summed E-state index contributed by atoms with van der Waals surface area (Å²) < 4.78 is 6.70. The smallest absolute Gasteiger partial charge is 0.0724 e. The zero-order valence-electron chi connectivity index (χ0n) is 9.70. The Kier molecular flexibility index (Phi) is 4.41. The molecule has 1 aromatic rings. The average molecular weight is 304 g/mol. The number of ether oxygens (including phenoxy) is 1. The van der Waals surface area contributed by atoms with Gasteiger partial charge < -0.3 is 10.1 Å². The van der Waals surface area contributed by atoms with Crippen molar-refractivity contribution >= 4 is 27.3 Å². The summed E-state index contributed by atoms with van der Waals surface area (Å²) in [6, 6.07) is 5.22. The van der Waals surface area contributed by atoms with Crippen LogP contribution < -0.4 is 5.32 Å². The Labute approximate surface area is 110 Å². The summed E-state index contributed by atoms with van der Waals surface area (Å²) in [5.41, 5.74) is 0. The van der Waals surface area contributed by atoms with E-state index in [-0.39, 0.29) is 0 Å². The third-order valence-corrected chi connectivity index (χ3v) is 5.05. The van der Waals surface area contributed by atoms with E-state index in [1.165, 1.54) is 27.9 Å². The fraction of sp³-hybridized carbons (Fsp3) is 0.667. The van der Waals surface area contributed by atoms with Gasteiger partial charge in [-0.15, -0.1) is 11.3 Å². The molecule has 0 saturated heterocycles. The highest BCUT2D eigenvalue weighted by atomic mass is 79.9. The monoisotopic (exact) mass is 303 g/mol. The van der Waals surface area contributed by atoms with Crippen molar-refractivity contribution in [1.29, 1.82) is 0 Å². The van der Waals surface area contributed by atoms with Gasteiger partial charge in [0.15, 0.2) is 0 Å². The summed E-state index contributed by atoms with van der Waals surface area (Å²) in [6.45, 7) is 2.23. The van der Waals surface area contributed by atoms with Crippen LogP contribution in [0.3, 0.4) is 0 Å². The average Bonchev–Trinajstić information content (AvgIpc) is 2.86. The number of rotatable bonds is 4.